The van der Waals surface area contributed by atoms with Gasteiger partial charge in [-0.1, -0.05) is 59.8 Å². The van der Waals surface area contributed by atoms with Crippen LogP contribution in [0.25, 0.3) is 0 Å². The zero-order valence-corrected chi connectivity index (χ0v) is 12.9. The molecule has 1 rings (SSSR count). The van der Waals surface area contributed by atoms with Crippen LogP contribution in [0, 0.1) is 5.41 Å². The summed E-state index contributed by atoms with van der Waals surface area (Å²) in [6.07, 6.45) is 10.1. The maximum Gasteiger partial charge on any atom is 0.137 e. The largest absolute Gasteiger partial charge is 0.387 e. The van der Waals surface area contributed by atoms with Crippen molar-refractivity contribution in [3.8, 4) is 0 Å². The molecule has 1 aromatic heterocycles. The summed E-state index contributed by atoms with van der Waals surface area (Å²) in [5.41, 5.74) is -0.892. The van der Waals surface area contributed by atoms with Crippen LogP contribution in [0.5, 0.6) is 0 Å². The van der Waals surface area contributed by atoms with Crippen molar-refractivity contribution in [3.63, 3.8) is 0 Å². The fraction of sp³-hybridized carbons (Fsp3) is 0.867. The Morgan fingerprint density at radius 2 is 1.79 bits per heavy atom. The monoisotopic (exact) mass is 267 g/mol. The van der Waals surface area contributed by atoms with Crippen LogP contribution in [0.4, 0.5) is 0 Å². The normalized spacial score (nSPS) is 15.4. The minimum Gasteiger partial charge on any atom is -0.387 e. The van der Waals surface area contributed by atoms with Crippen LogP contribution >= 0.6 is 0 Å². The smallest absolute Gasteiger partial charge is 0.137 e. The molecule has 0 radical (unpaired) electrons. The van der Waals surface area contributed by atoms with Gasteiger partial charge in [0.25, 0.3) is 0 Å². The lowest BCUT2D eigenvalue weighted by Gasteiger charge is -2.40. The molecule has 19 heavy (non-hydrogen) atoms. The highest BCUT2D eigenvalue weighted by Crippen LogP contribution is 2.36. The molecule has 0 saturated heterocycles. The lowest BCUT2D eigenvalue weighted by molar-refractivity contribution is -0.0814. The first-order valence-corrected chi connectivity index (χ1v) is 7.44. The van der Waals surface area contributed by atoms with Gasteiger partial charge in [0, 0.05) is 0 Å². The summed E-state index contributed by atoms with van der Waals surface area (Å²) in [7, 11) is 0. The van der Waals surface area contributed by atoms with Crippen LogP contribution in [0.15, 0.2) is 12.7 Å². The third kappa shape index (κ3) is 4.94. The van der Waals surface area contributed by atoms with E-state index >= 15 is 0 Å². The summed E-state index contributed by atoms with van der Waals surface area (Å²) in [6, 6.07) is 0. The van der Waals surface area contributed by atoms with Crippen LogP contribution < -0.4 is 0 Å². The second-order valence-corrected chi connectivity index (χ2v) is 6.54. The van der Waals surface area contributed by atoms with Crippen molar-refractivity contribution in [2.75, 3.05) is 0 Å². The number of aliphatic hydroxyl groups is 1. The average molecular weight is 267 g/mol. The Kier molecular flexibility index (Phi) is 5.98. The summed E-state index contributed by atoms with van der Waals surface area (Å²) >= 11 is 0. The second-order valence-electron chi connectivity index (χ2n) is 6.54. The number of unbranched alkanes of at least 4 members (excludes halogenated alkanes) is 4. The molecule has 0 fully saturated rings. The number of nitrogens with zero attached hydrogens (tertiary/aromatic N) is 3. The van der Waals surface area contributed by atoms with E-state index < -0.39 is 5.60 Å². The van der Waals surface area contributed by atoms with Gasteiger partial charge in [-0.05, 0) is 11.8 Å². The average Bonchev–Trinajstić information content (AvgIpc) is 2.80. The minimum atomic E-state index is -0.729. The standard InChI is InChI=1S/C15H29N3O/c1-5-6-7-8-9-10-15(19,14(2,3)4)11-18-13-16-12-17-18/h12-13,19H,5-11H2,1-4H3. The zero-order valence-electron chi connectivity index (χ0n) is 12.9. The summed E-state index contributed by atoms with van der Waals surface area (Å²) in [5, 5.41) is 15.1. The molecule has 0 aliphatic rings. The molecule has 0 aromatic carbocycles. The minimum absolute atomic E-state index is 0.163. The topological polar surface area (TPSA) is 50.9 Å². The predicted octanol–water partition coefficient (Wildman–Crippen LogP) is 3.42. The fourth-order valence-corrected chi connectivity index (χ4v) is 2.29. The Morgan fingerprint density at radius 3 is 2.32 bits per heavy atom. The van der Waals surface area contributed by atoms with Gasteiger partial charge in [-0.15, -0.1) is 0 Å². The summed E-state index contributed by atoms with van der Waals surface area (Å²) < 4.78 is 1.73. The molecule has 1 heterocycles. The quantitative estimate of drug-likeness (QED) is 0.734. The molecule has 1 N–H and O–H groups in total. The molecule has 0 spiro atoms. The molecule has 0 amide bonds. The molecule has 0 bridgehead atoms. The van der Waals surface area contributed by atoms with Crippen molar-refractivity contribution in [2.45, 2.75) is 78.4 Å². The van der Waals surface area contributed by atoms with Crippen molar-refractivity contribution in [3.05, 3.63) is 12.7 Å². The van der Waals surface area contributed by atoms with Crippen LogP contribution in [0.3, 0.4) is 0 Å². The lowest BCUT2D eigenvalue weighted by atomic mass is 9.73. The Morgan fingerprint density at radius 1 is 1.11 bits per heavy atom. The molecule has 4 heteroatoms. The third-order valence-corrected chi connectivity index (χ3v) is 3.98. The fourth-order valence-electron chi connectivity index (χ4n) is 2.29. The van der Waals surface area contributed by atoms with Crippen LogP contribution in [0.2, 0.25) is 0 Å². The van der Waals surface area contributed by atoms with Crippen molar-refractivity contribution >= 4 is 0 Å². The van der Waals surface area contributed by atoms with E-state index in [1.54, 1.807) is 11.0 Å². The van der Waals surface area contributed by atoms with Gasteiger partial charge in [0.2, 0.25) is 0 Å². The van der Waals surface area contributed by atoms with Crippen molar-refractivity contribution < 1.29 is 5.11 Å². The van der Waals surface area contributed by atoms with E-state index in [1.807, 2.05) is 0 Å². The van der Waals surface area contributed by atoms with Gasteiger partial charge in [0.1, 0.15) is 12.7 Å². The van der Waals surface area contributed by atoms with E-state index in [9.17, 15) is 5.11 Å². The molecule has 1 unspecified atom stereocenters. The third-order valence-electron chi connectivity index (χ3n) is 3.98. The van der Waals surface area contributed by atoms with Crippen molar-refractivity contribution in [2.24, 2.45) is 5.41 Å². The van der Waals surface area contributed by atoms with Crippen LogP contribution in [0.1, 0.15) is 66.2 Å². The Balaban J connectivity index is 2.56. The molecule has 1 atom stereocenters. The number of aromatic nitrogens is 3. The van der Waals surface area contributed by atoms with Crippen molar-refractivity contribution in [1.29, 1.82) is 0 Å². The van der Waals surface area contributed by atoms with Gasteiger partial charge in [0.15, 0.2) is 0 Å². The van der Waals surface area contributed by atoms with E-state index in [4.69, 9.17) is 0 Å². The van der Waals surface area contributed by atoms with E-state index in [2.05, 4.69) is 37.8 Å². The summed E-state index contributed by atoms with van der Waals surface area (Å²) in [6.45, 7) is 9.02. The molecular weight excluding hydrogens is 238 g/mol. The number of hydrogen-bond donors (Lipinski definition) is 1. The molecule has 0 aliphatic heterocycles. The highest BCUT2D eigenvalue weighted by atomic mass is 16.3. The van der Waals surface area contributed by atoms with Gasteiger partial charge >= 0.3 is 0 Å². The zero-order chi connectivity index (χ0) is 14.4. The Hall–Kier alpha value is -0.900. The first kappa shape index (κ1) is 16.2. The van der Waals surface area contributed by atoms with E-state index in [0.717, 1.165) is 12.8 Å². The highest BCUT2D eigenvalue weighted by molar-refractivity contribution is 4.90. The maximum absolute atomic E-state index is 11.0. The molecule has 1 aromatic rings. The van der Waals surface area contributed by atoms with Gasteiger partial charge < -0.3 is 5.11 Å². The molecule has 0 saturated carbocycles. The second kappa shape index (κ2) is 7.04. The van der Waals surface area contributed by atoms with Gasteiger partial charge in [-0.25, -0.2) is 4.98 Å². The maximum atomic E-state index is 11.0. The highest BCUT2D eigenvalue weighted by Gasteiger charge is 2.39. The molecule has 0 aliphatic carbocycles. The van der Waals surface area contributed by atoms with Gasteiger partial charge in [0.05, 0.1) is 12.1 Å². The van der Waals surface area contributed by atoms with Gasteiger partial charge in [-0.2, -0.15) is 5.10 Å². The van der Waals surface area contributed by atoms with Crippen LogP contribution in [-0.2, 0) is 6.54 Å². The molecular formula is C15H29N3O. The first-order chi connectivity index (χ1) is 8.89. The first-order valence-electron chi connectivity index (χ1n) is 7.44. The summed E-state index contributed by atoms with van der Waals surface area (Å²) in [4.78, 5) is 3.95. The Labute approximate surface area is 117 Å². The molecule has 4 nitrogen and oxygen atoms in total. The molecule has 110 valence electrons. The SMILES string of the molecule is CCCCCCCC(O)(Cn1cncn1)C(C)(C)C. The summed E-state index contributed by atoms with van der Waals surface area (Å²) in [5.74, 6) is 0. The lowest BCUT2D eigenvalue weighted by Crippen LogP contribution is -2.46. The van der Waals surface area contributed by atoms with E-state index in [1.165, 1.54) is 32.0 Å². The van der Waals surface area contributed by atoms with Crippen molar-refractivity contribution in [1.82, 2.24) is 14.8 Å². The van der Waals surface area contributed by atoms with E-state index in [-0.39, 0.29) is 5.41 Å². The number of rotatable bonds is 8. The van der Waals surface area contributed by atoms with Gasteiger partial charge in [-0.3, -0.25) is 4.68 Å². The van der Waals surface area contributed by atoms with E-state index in [0.29, 0.717) is 6.54 Å². The Bertz CT molecular complexity index is 343. The number of hydrogen-bond acceptors (Lipinski definition) is 3. The predicted molar refractivity (Wildman–Crippen MR) is 77.8 cm³/mol. The van der Waals surface area contributed by atoms with Crippen LogP contribution in [-0.4, -0.2) is 25.5 Å².